The molecule has 0 aromatic carbocycles. The van der Waals surface area contributed by atoms with Crippen LogP contribution in [0, 0.1) is 5.92 Å². The Labute approximate surface area is 93.1 Å². The first-order valence-electron chi connectivity index (χ1n) is 6.17. The molecular weight excluding hydrogens is 192 g/mol. The van der Waals surface area contributed by atoms with Crippen molar-refractivity contribution in [3.05, 3.63) is 0 Å². The van der Waals surface area contributed by atoms with E-state index in [0.29, 0.717) is 18.9 Å². The van der Waals surface area contributed by atoms with Crippen LogP contribution in [-0.4, -0.2) is 28.2 Å². The summed E-state index contributed by atoms with van der Waals surface area (Å²) in [5.74, 6) is 0.652. The molecule has 1 unspecified atom stereocenters. The van der Waals surface area contributed by atoms with Crippen molar-refractivity contribution in [3.8, 4) is 0 Å². The lowest BCUT2D eigenvalue weighted by atomic mass is 9.93. The molecule has 92 valence electrons. The van der Waals surface area contributed by atoms with Crippen molar-refractivity contribution < 1.29 is 15.3 Å². The standard InChI is InChI=1S/C12H26O3/c1-2-6-11(9-10-13)7-4-3-5-8-12(14)15/h11-15H,2-10H2,1H3. The van der Waals surface area contributed by atoms with E-state index in [2.05, 4.69) is 6.92 Å². The molecule has 0 bridgehead atoms. The highest BCUT2D eigenvalue weighted by molar-refractivity contribution is 4.59. The summed E-state index contributed by atoms with van der Waals surface area (Å²) < 4.78 is 0. The minimum Gasteiger partial charge on any atom is -0.396 e. The molecule has 0 aliphatic heterocycles. The van der Waals surface area contributed by atoms with Crippen molar-refractivity contribution in [2.45, 2.75) is 64.6 Å². The molecule has 0 saturated heterocycles. The maximum Gasteiger partial charge on any atom is 0.151 e. The van der Waals surface area contributed by atoms with Crippen molar-refractivity contribution in [3.63, 3.8) is 0 Å². The molecule has 0 aliphatic rings. The largest absolute Gasteiger partial charge is 0.396 e. The van der Waals surface area contributed by atoms with E-state index in [1.54, 1.807) is 0 Å². The topological polar surface area (TPSA) is 60.7 Å². The number of rotatable bonds is 10. The fourth-order valence-corrected chi connectivity index (χ4v) is 1.96. The third kappa shape index (κ3) is 10.2. The van der Waals surface area contributed by atoms with Gasteiger partial charge in [0, 0.05) is 6.61 Å². The molecule has 0 amide bonds. The summed E-state index contributed by atoms with van der Waals surface area (Å²) in [6.07, 6.45) is 6.87. The molecule has 0 heterocycles. The van der Waals surface area contributed by atoms with Gasteiger partial charge in [0.1, 0.15) is 0 Å². The highest BCUT2D eigenvalue weighted by Crippen LogP contribution is 2.19. The van der Waals surface area contributed by atoms with Gasteiger partial charge in [-0.3, -0.25) is 0 Å². The molecule has 0 saturated carbocycles. The van der Waals surface area contributed by atoms with Gasteiger partial charge in [0.15, 0.2) is 6.29 Å². The Bertz CT molecular complexity index is 120. The summed E-state index contributed by atoms with van der Waals surface area (Å²) >= 11 is 0. The highest BCUT2D eigenvalue weighted by atomic mass is 16.5. The van der Waals surface area contributed by atoms with Gasteiger partial charge in [-0.15, -0.1) is 0 Å². The van der Waals surface area contributed by atoms with Crippen molar-refractivity contribution >= 4 is 0 Å². The lowest BCUT2D eigenvalue weighted by Gasteiger charge is -2.14. The van der Waals surface area contributed by atoms with Crippen molar-refractivity contribution in [2.24, 2.45) is 5.92 Å². The maximum absolute atomic E-state index is 8.87. The van der Waals surface area contributed by atoms with Crippen LogP contribution in [-0.2, 0) is 0 Å². The maximum atomic E-state index is 8.87. The molecule has 1 atom stereocenters. The van der Waals surface area contributed by atoms with Crippen LogP contribution < -0.4 is 0 Å². The van der Waals surface area contributed by atoms with Crippen LogP contribution in [0.25, 0.3) is 0 Å². The minimum atomic E-state index is -1.14. The second-order valence-electron chi connectivity index (χ2n) is 4.29. The molecule has 0 spiro atoms. The Balaban J connectivity index is 3.36. The van der Waals surface area contributed by atoms with Gasteiger partial charge < -0.3 is 15.3 Å². The van der Waals surface area contributed by atoms with E-state index in [-0.39, 0.29) is 0 Å². The fourth-order valence-electron chi connectivity index (χ4n) is 1.96. The number of hydrogen-bond acceptors (Lipinski definition) is 3. The lowest BCUT2D eigenvalue weighted by Crippen LogP contribution is -2.05. The third-order valence-corrected chi connectivity index (χ3v) is 2.81. The summed E-state index contributed by atoms with van der Waals surface area (Å²) in [4.78, 5) is 0. The number of aliphatic hydroxyl groups excluding tert-OH is 2. The monoisotopic (exact) mass is 218 g/mol. The molecule has 3 N–H and O–H groups in total. The summed E-state index contributed by atoms with van der Waals surface area (Å²) in [5.41, 5.74) is 0. The second kappa shape index (κ2) is 10.4. The molecule has 0 rings (SSSR count). The number of unbranched alkanes of at least 4 members (excludes halogenated alkanes) is 2. The Morgan fingerprint density at radius 1 is 0.867 bits per heavy atom. The van der Waals surface area contributed by atoms with E-state index in [1.165, 1.54) is 12.8 Å². The van der Waals surface area contributed by atoms with Crippen LogP contribution in [0.2, 0.25) is 0 Å². The Morgan fingerprint density at radius 3 is 2.07 bits per heavy atom. The molecule has 0 aromatic rings. The third-order valence-electron chi connectivity index (χ3n) is 2.81. The average molecular weight is 218 g/mol. The van der Waals surface area contributed by atoms with Gasteiger partial charge in [0.25, 0.3) is 0 Å². The summed E-state index contributed by atoms with van der Waals surface area (Å²) in [6, 6.07) is 0. The lowest BCUT2D eigenvalue weighted by molar-refractivity contribution is -0.0466. The van der Waals surface area contributed by atoms with Crippen LogP contribution >= 0.6 is 0 Å². The zero-order chi connectivity index (χ0) is 11.5. The van der Waals surface area contributed by atoms with Gasteiger partial charge in [-0.25, -0.2) is 0 Å². The van der Waals surface area contributed by atoms with Crippen LogP contribution in [0.5, 0.6) is 0 Å². The average Bonchev–Trinajstić information content (AvgIpc) is 2.17. The Kier molecular flexibility index (Phi) is 10.3. The highest BCUT2D eigenvalue weighted by Gasteiger charge is 2.06. The molecule has 0 radical (unpaired) electrons. The van der Waals surface area contributed by atoms with E-state index >= 15 is 0 Å². The van der Waals surface area contributed by atoms with E-state index in [1.807, 2.05) is 0 Å². The van der Waals surface area contributed by atoms with Gasteiger partial charge in [-0.05, 0) is 25.2 Å². The van der Waals surface area contributed by atoms with E-state index in [0.717, 1.165) is 32.1 Å². The fraction of sp³-hybridized carbons (Fsp3) is 1.00. The minimum absolute atomic E-state index is 0.292. The zero-order valence-corrected chi connectivity index (χ0v) is 9.86. The predicted molar refractivity (Wildman–Crippen MR) is 61.4 cm³/mol. The van der Waals surface area contributed by atoms with Gasteiger partial charge >= 0.3 is 0 Å². The van der Waals surface area contributed by atoms with E-state index in [4.69, 9.17) is 15.3 Å². The van der Waals surface area contributed by atoms with E-state index in [9.17, 15) is 0 Å². The Hall–Kier alpha value is -0.120. The normalized spacial score (nSPS) is 13.4. The summed E-state index contributed by atoms with van der Waals surface area (Å²) in [5, 5.41) is 26.2. The second-order valence-corrected chi connectivity index (χ2v) is 4.29. The van der Waals surface area contributed by atoms with Crippen LogP contribution in [0.3, 0.4) is 0 Å². The van der Waals surface area contributed by atoms with Gasteiger partial charge in [0.05, 0.1) is 0 Å². The first-order valence-corrected chi connectivity index (χ1v) is 6.17. The molecule has 0 aliphatic carbocycles. The smallest absolute Gasteiger partial charge is 0.151 e. The first-order chi connectivity index (χ1) is 7.20. The summed E-state index contributed by atoms with van der Waals surface area (Å²) in [6.45, 7) is 2.46. The quantitative estimate of drug-likeness (QED) is 0.388. The van der Waals surface area contributed by atoms with Gasteiger partial charge in [-0.1, -0.05) is 39.0 Å². The molecule has 15 heavy (non-hydrogen) atoms. The molecule has 0 fully saturated rings. The van der Waals surface area contributed by atoms with Crippen LogP contribution in [0.1, 0.15) is 58.3 Å². The van der Waals surface area contributed by atoms with Crippen LogP contribution in [0.4, 0.5) is 0 Å². The van der Waals surface area contributed by atoms with Crippen molar-refractivity contribution in [1.82, 2.24) is 0 Å². The molecule has 3 nitrogen and oxygen atoms in total. The van der Waals surface area contributed by atoms with Crippen molar-refractivity contribution in [2.75, 3.05) is 6.61 Å². The van der Waals surface area contributed by atoms with E-state index < -0.39 is 6.29 Å². The van der Waals surface area contributed by atoms with Crippen LogP contribution in [0.15, 0.2) is 0 Å². The SMILES string of the molecule is CCCC(CCO)CCCCCC(O)O. The van der Waals surface area contributed by atoms with Gasteiger partial charge in [0.2, 0.25) is 0 Å². The molecular formula is C12H26O3. The van der Waals surface area contributed by atoms with Gasteiger partial charge in [-0.2, -0.15) is 0 Å². The number of hydrogen-bond donors (Lipinski definition) is 3. The zero-order valence-electron chi connectivity index (χ0n) is 9.86. The molecule has 3 heteroatoms. The predicted octanol–water partition coefficient (Wildman–Crippen LogP) is 2.05. The molecule has 0 aromatic heterocycles. The summed E-state index contributed by atoms with van der Waals surface area (Å²) in [7, 11) is 0. The number of aliphatic hydroxyl groups is 3. The Morgan fingerprint density at radius 2 is 1.53 bits per heavy atom. The first kappa shape index (κ1) is 14.9. The van der Waals surface area contributed by atoms with Crippen molar-refractivity contribution in [1.29, 1.82) is 0 Å².